The molecule has 1 N–H and O–H groups in total. The fourth-order valence-electron chi connectivity index (χ4n) is 1.72. The van der Waals surface area contributed by atoms with Crippen LogP contribution in [-0.2, 0) is 16.0 Å². The summed E-state index contributed by atoms with van der Waals surface area (Å²) in [6.07, 6.45) is -0.418. The Labute approximate surface area is 116 Å². The normalized spacial score (nSPS) is 22.2. The molecule has 7 heteroatoms. The highest BCUT2D eigenvalue weighted by Crippen LogP contribution is 2.30. The minimum Gasteiger partial charge on any atom is -0.456 e. The van der Waals surface area contributed by atoms with Crippen molar-refractivity contribution in [3.05, 3.63) is 20.8 Å². The van der Waals surface area contributed by atoms with E-state index in [4.69, 9.17) is 0 Å². The third-order valence-corrected chi connectivity index (χ3v) is 4.29. The van der Waals surface area contributed by atoms with Crippen LogP contribution in [0, 0.1) is 0 Å². The van der Waals surface area contributed by atoms with Crippen molar-refractivity contribution in [2.75, 3.05) is 13.1 Å². The number of rotatable bonds is 5. The van der Waals surface area contributed by atoms with Crippen LogP contribution in [0.4, 0.5) is 8.78 Å². The Morgan fingerprint density at radius 1 is 1.56 bits per heavy atom. The van der Waals surface area contributed by atoms with Crippen LogP contribution in [0.25, 0.3) is 0 Å². The van der Waals surface area contributed by atoms with E-state index >= 15 is 0 Å². The number of esters is 1. The number of carbonyl (C=O) groups is 1. The highest BCUT2D eigenvalue weighted by Gasteiger charge is 2.50. The molecule has 0 amide bonds. The Hall–Kier alpha value is -0.530. The SMILES string of the molecule is O=C1OC(CNCCc2ccc(Br)s2)CC1(F)F. The van der Waals surface area contributed by atoms with Gasteiger partial charge < -0.3 is 10.1 Å². The van der Waals surface area contributed by atoms with Gasteiger partial charge >= 0.3 is 11.9 Å². The average molecular weight is 340 g/mol. The number of carbonyl (C=O) groups excluding carboxylic acids is 1. The van der Waals surface area contributed by atoms with Crippen molar-refractivity contribution in [1.29, 1.82) is 0 Å². The van der Waals surface area contributed by atoms with Gasteiger partial charge in [0.15, 0.2) is 0 Å². The lowest BCUT2D eigenvalue weighted by Crippen LogP contribution is -2.28. The molecule has 1 unspecified atom stereocenters. The Bertz CT molecular complexity index is 438. The maximum Gasteiger partial charge on any atom is 0.377 e. The molecule has 1 aliphatic heterocycles. The zero-order chi connectivity index (χ0) is 13.2. The number of hydrogen-bond acceptors (Lipinski definition) is 4. The minimum atomic E-state index is -3.31. The maximum absolute atomic E-state index is 12.9. The summed E-state index contributed by atoms with van der Waals surface area (Å²) in [6, 6.07) is 3.99. The van der Waals surface area contributed by atoms with E-state index in [0.29, 0.717) is 6.54 Å². The van der Waals surface area contributed by atoms with Crippen LogP contribution in [0.1, 0.15) is 11.3 Å². The van der Waals surface area contributed by atoms with Crippen LogP contribution in [0.15, 0.2) is 15.9 Å². The Morgan fingerprint density at radius 2 is 2.33 bits per heavy atom. The van der Waals surface area contributed by atoms with Crippen LogP contribution < -0.4 is 5.32 Å². The average Bonchev–Trinajstić information content (AvgIpc) is 2.79. The highest BCUT2D eigenvalue weighted by atomic mass is 79.9. The topological polar surface area (TPSA) is 38.3 Å². The molecule has 1 saturated heterocycles. The molecule has 1 fully saturated rings. The monoisotopic (exact) mass is 339 g/mol. The fourth-order valence-corrected chi connectivity index (χ4v) is 3.21. The van der Waals surface area contributed by atoms with Crippen molar-refractivity contribution in [2.45, 2.75) is 24.9 Å². The van der Waals surface area contributed by atoms with E-state index in [9.17, 15) is 13.6 Å². The number of nitrogens with one attached hydrogen (secondary N) is 1. The molecule has 100 valence electrons. The van der Waals surface area contributed by atoms with Crippen LogP contribution in [0.5, 0.6) is 0 Å². The van der Waals surface area contributed by atoms with Crippen LogP contribution >= 0.6 is 27.3 Å². The van der Waals surface area contributed by atoms with Crippen molar-refractivity contribution in [3.63, 3.8) is 0 Å². The smallest absolute Gasteiger partial charge is 0.377 e. The van der Waals surface area contributed by atoms with Gasteiger partial charge in [-0.25, -0.2) is 4.79 Å². The van der Waals surface area contributed by atoms with Gasteiger partial charge in [0.05, 0.1) is 10.2 Å². The molecule has 1 aliphatic rings. The largest absolute Gasteiger partial charge is 0.456 e. The maximum atomic E-state index is 12.9. The summed E-state index contributed by atoms with van der Waals surface area (Å²) in [7, 11) is 0. The first kappa shape index (κ1) is 13.9. The van der Waals surface area contributed by atoms with Gasteiger partial charge in [-0.05, 0) is 34.5 Å². The predicted octanol–water partition coefficient (Wildman–Crippen LogP) is 2.59. The second-order valence-electron chi connectivity index (χ2n) is 4.10. The van der Waals surface area contributed by atoms with Crippen LogP contribution in [0.3, 0.4) is 0 Å². The molecule has 1 aromatic rings. The molecule has 2 rings (SSSR count). The number of thiophene rings is 1. The molecule has 0 saturated carbocycles. The van der Waals surface area contributed by atoms with Gasteiger partial charge in [-0.1, -0.05) is 0 Å². The van der Waals surface area contributed by atoms with Gasteiger partial charge in [0.1, 0.15) is 6.10 Å². The van der Waals surface area contributed by atoms with Gasteiger partial charge in [-0.15, -0.1) is 11.3 Å². The van der Waals surface area contributed by atoms with Crippen molar-refractivity contribution < 1.29 is 18.3 Å². The third kappa shape index (κ3) is 3.49. The summed E-state index contributed by atoms with van der Waals surface area (Å²) >= 11 is 5.01. The van der Waals surface area contributed by atoms with E-state index in [1.54, 1.807) is 11.3 Å². The number of alkyl halides is 2. The molecule has 0 aliphatic carbocycles. The summed E-state index contributed by atoms with van der Waals surface area (Å²) in [4.78, 5) is 12.0. The highest BCUT2D eigenvalue weighted by molar-refractivity contribution is 9.11. The van der Waals surface area contributed by atoms with E-state index < -0.39 is 24.4 Å². The molecular formula is C11H12BrF2NO2S. The molecule has 0 aromatic carbocycles. The molecule has 3 nitrogen and oxygen atoms in total. The van der Waals surface area contributed by atoms with E-state index in [1.807, 2.05) is 12.1 Å². The van der Waals surface area contributed by atoms with E-state index in [1.165, 1.54) is 4.88 Å². The summed E-state index contributed by atoms with van der Waals surface area (Å²) < 4.78 is 31.4. The molecular weight excluding hydrogens is 328 g/mol. The van der Waals surface area contributed by atoms with Crippen molar-refractivity contribution in [1.82, 2.24) is 5.32 Å². The van der Waals surface area contributed by atoms with Gasteiger partial charge in [-0.3, -0.25) is 0 Å². The van der Waals surface area contributed by atoms with Gasteiger partial charge in [-0.2, -0.15) is 8.78 Å². The second-order valence-corrected chi connectivity index (χ2v) is 6.64. The van der Waals surface area contributed by atoms with Crippen molar-refractivity contribution in [2.24, 2.45) is 0 Å². The van der Waals surface area contributed by atoms with E-state index in [0.717, 1.165) is 10.2 Å². The zero-order valence-corrected chi connectivity index (χ0v) is 11.8. The molecule has 1 atom stereocenters. The second kappa shape index (κ2) is 5.63. The van der Waals surface area contributed by atoms with Gasteiger partial charge in [0.25, 0.3) is 0 Å². The quantitative estimate of drug-likeness (QED) is 0.662. The third-order valence-electron chi connectivity index (χ3n) is 2.61. The number of ether oxygens (including phenoxy) is 1. The molecule has 1 aromatic heterocycles. The molecule has 18 heavy (non-hydrogen) atoms. The molecule has 0 radical (unpaired) electrons. The Balaban J connectivity index is 1.66. The van der Waals surface area contributed by atoms with Crippen LogP contribution in [-0.4, -0.2) is 31.1 Å². The summed E-state index contributed by atoms with van der Waals surface area (Å²) in [5, 5.41) is 3.02. The predicted molar refractivity (Wildman–Crippen MR) is 68.0 cm³/mol. The number of cyclic esters (lactones) is 1. The standard InChI is InChI=1S/C11H12BrF2NO2S/c12-9-2-1-8(18-9)3-4-15-6-7-5-11(13,14)10(16)17-7/h1-2,7,15H,3-6H2. The van der Waals surface area contributed by atoms with E-state index in [2.05, 4.69) is 26.0 Å². The van der Waals surface area contributed by atoms with Crippen molar-refractivity contribution in [3.8, 4) is 0 Å². The van der Waals surface area contributed by atoms with E-state index in [-0.39, 0.29) is 6.54 Å². The lowest BCUT2D eigenvalue weighted by atomic mass is 10.2. The van der Waals surface area contributed by atoms with Gasteiger partial charge in [0, 0.05) is 18.0 Å². The minimum absolute atomic E-state index is 0.272. The number of hydrogen-bond donors (Lipinski definition) is 1. The zero-order valence-electron chi connectivity index (χ0n) is 9.42. The first-order chi connectivity index (χ1) is 8.47. The molecule has 0 bridgehead atoms. The van der Waals surface area contributed by atoms with Crippen molar-refractivity contribution >= 4 is 33.2 Å². The summed E-state index contributed by atoms with van der Waals surface area (Å²) in [5.41, 5.74) is 0. The van der Waals surface area contributed by atoms with Crippen LogP contribution in [0.2, 0.25) is 0 Å². The summed E-state index contributed by atoms with van der Waals surface area (Å²) in [5.74, 6) is -4.72. The first-order valence-electron chi connectivity index (χ1n) is 5.51. The summed E-state index contributed by atoms with van der Waals surface area (Å²) in [6.45, 7) is 0.945. The number of halogens is 3. The fraction of sp³-hybridized carbons (Fsp3) is 0.545. The Kier molecular flexibility index (Phi) is 4.34. The lowest BCUT2D eigenvalue weighted by Gasteiger charge is -2.09. The van der Waals surface area contributed by atoms with Gasteiger partial charge in [0.2, 0.25) is 0 Å². The Morgan fingerprint density at radius 3 is 2.89 bits per heavy atom. The lowest BCUT2D eigenvalue weighted by molar-refractivity contribution is -0.158. The molecule has 0 spiro atoms. The first-order valence-corrected chi connectivity index (χ1v) is 7.12. The molecule has 2 heterocycles.